The Morgan fingerprint density at radius 3 is 2.74 bits per heavy atom. The number of nitrogens with zero attached hydrogens (tertiary/aromatic N) is 3. The molecule has 0 radical (unpaired) electrons. The lowest BCUT2D eigenvalue weighted by molar-refractivity contribution is -0.146. The molecular weight excluding hydrogens is 290 g/mol. The van der Waals surface area contributed by atoms with Crippen molar-refractivity contribution in [3.05, 3.63) is 18.0 Å². The van der Waals surface area contributed by atoms with Crippen LogP contribution in [0.2, 0.25) is 0 Å². The van der Waals surface area contributed by atoms with Crippen LogP contribution in [0.15, 0.2) is 12.4 Å². The highest BCUT2D eigenvalue weighted by atomic mass is 16.5. The van der Waals surface area contributed by atoms with E-state index in [4.69, 9.17) is 4.74 Å². The van der Waals surface area contributed by atoms with Gasteiger partial charge >= 0.3 is 0 Å². The number of amides is 1. The summed E-state index contributed by atoms with van der Waals surface area (Å²) in [6.07, 6.45) is 9.30. The molecule has 0 spiro atoms. The fourth-order valence-electron chi connectivity index (χ4n) is 3.96. The molecule has 23 heavy (non-hydrogen) atoms. The van der Waals surface area contributed by atoms with Gasteiger partial charge in [0.2, 0.25) is 5.91 Å². The first-order valence-corrected chi connectivity index (χ1v) is 9.15. The molecule has 0 saturated carbocycles. The van der Waals surface area contributed by atoms with Crippen LogP contribution in [-0.4, -0.2) is 46.4 Å². The van der Waals surface area contributed by atoms with E-state index in [2.05, 4.69) is 30.0 Å². The Bertz CT molecular complexity index is 520. The zero-order chi connectivity index (χ0) is 16.2. The molecule has 0 unspecified atom stereocenters. The Hall–Kier alpha value is -1.36. The van der Waals surface area contributed by atoms with Crippen molar-refractivity contribution >= 4 is 5.91 Å². The molecular formula is C18H29N3O2. The quantitative estimate of drug-likeness (QED) is 0.857. The van der Waals surface area contributed by atoms with E-state index in [-0.39, 0.29) is 12.0 Å². The van der Waals surface area contributed by atoms with Gasteiger partial charge in [-0.1, -0.05) is 6.92 Å². The Morgan fingerprint density at radius 2 is 2.09 bits per heavy atom. The van der Waals surface area contributed by atoms with Gasteiger partial charge in [-0.2, -0.15) is 5.10 Å². The molecule has 2 aliphatic rings. The lowest BCUT2D eigenvalue weighted by Crippen LogP contribution is -2.46. The molecule has 2 saturated heterocycles. The van der Waals surface area contributed by atoms with Crippen LogP contribution in [0.3, 0.4) is 0 Å². The van der Waals surface area contributed by atoms with Crippen LogP contribution < -0.4 is 0 Å². The minimum absolute atomic E-state index is 0.0770. The van der Waals surface area contributed by atoms with Crippen molar-refractivity contribution in [1.29, 1.82) is 0 Å². The van der Waals surface area contributed by atoms with Crippen LogP contribution in [0.5, 0.6) is 0 Å². The minimum atomic E-state index is 0.0770. The highest BCUT2D eigenvalue weighted by molar-refractivity contribution is 5.79. The molecule has 2 fully saturated rings. The second-order valence-corrected chi connectivity index (χ2v) is 6.80. The molecule has 3 rings (SSSR count). The molecule has 3 heterocycles. The first-order chi connectivity index (χ1) is 11.2. The zero-order valence-corrected chi connectivity index (χ0v) is 14.4. The molecule has 2 aliphatic heterocycles. The number of rotatable bonds is 4. The predicted octanol–water partition coefficient (Wildman–Crippen LogP) is 2.81. The maximum atomic E-state index is 12.8. The third kappa shape index (κ3) is 3.60. The SMILES string of the molecule is CC[C@H]1OCCC[C@@H]1C(=O)N1CCC(c2cnn(CC)c2)CC1. The van der Waals surface area contributed by atoms with Crippen LogP contribution >= 0.6 is 0 Å². The number of carbonyl (C=O) groups excluding carboxylic acids is 1. The monoisotopic (exact) mass is 319 g/mol. The number of hydrogen-bond acceptors (Lipinski definition) is 3. The fraction of sp³-hybridized carbons (Fsp3) is 0.778. The number of hydrogen-bond donors (Lipinski definition) is 0. The van der Waals surface area contributed by atoms with E-state index in [1.165, 1.54) is 5.56 Å². The summed E-state index contributed by atoms with van der Waals surface area (Å²) in [5.41, 5.74) is 1.33. The van der Waals surface area contributed by atoms with Gasteiger partial charge in [0.15, 0.2) is 0 Å². The van der Waals surface area contributed by atoms with Gasteiger partial charge in [-0.25, -0.2) is 0 Å². The second-order valence-electron chi connectivity index (χ2n) is 6.80. The summed E-state index contributed by atoms with van der Waals surface area (Å²) in [6.45, 7) is 7.69. The molecule has 5 heteroatoms. The van der Waals surface area contributed by atoms with Crippen LogP contribution in [0.4, 0.5) is 0 Å². The smallest absolute Gasteiger partial charge is 0.228 e. The molecule has 1 aromatic heterocycles. The summed E-state index contributed by atoms with van der Waals surface area (Å²) in [6, 6.07) is 0. The molecule has 0 aromatic carbocycles. The topological polar surface area (TPSA) is 47.4 Å². The van der Waals surface area contributed by atoms with Crippen LogP contribution in [0.1, 0.15) is 57.4 Å². The Balaban J connectivity index is 1.56. The van der Waals surface area contributed by atoms with Crippen molar-refractivity contribution in [3.63, 3.8) is 0 Å². The molecule has 1 aromatic rings. The molecule has 128 valence electrons. The average Bonchev–Trinajstić information content (AvgIpc) is 3.10. The third-order valence-electron chi connectivity index (χ3n) is 5.41. The number of aromatic nitrogens is 2. The lowest BCUT2D eigenvalue weighted by Gasteiger charge is -2.37. The average molecular weight is 319 g/mol. The van der Waals surface area contributed by atoms with Crippen molar-refractivity contribution in [1.82, 2.24) is 14.7 Å². The first kappa shape index (κ1) is 16.5. The molecule has 2 atom stereocenters. The van der Waals surface area contributed by atoms with Crippen LogP contribution in [-0.2, 0) is 16.1 Å². The molecule has 0 bridgehead atoms. The van der Waals surface area contributed by atoms with Gasteiger partial charge in [0.05, 0.1) is 18.2 Å². The van der Waals surface area contributed by atoms with Crippen molar-refractivity contribution in [2.24, 2.45) is 5.92 Å². The number of piperidine rings is 1. The first-order valence-electron chi connectivity index (χ1n) is 9.15. The summed E-state index contributed by atoms with van der Waals surface area (Å²) in [5.74, 6) is 0.941. The van der Waals surface area contributed by atoms with Gasteiger partial charge in [0, 0.05) is 32.4 Å². The number of likely N-dealkylation sites (tertiary alicyclic amines) is 1. The highest BCUT2D eigenvalue weighted by Gasteiger charge is 2.35. The Labute approximate surface area is 139 Å². The fourth-order valence-corrected chi connectivity index (χ4v) is 3.96. The van der Waals surface area contributed by atoms with Gasteiger partial charge in [-0.3, -0.25) is 9.48 Å². The summed E-state index contributed by atoms with van der Waals surface area (Å²) in [7, 11) is 0. The summed E-state index contributed by atoms with van der Waals surface area (Å²) < 4.78 is 7.78. The largest absolute Gasteiger partial charge is 0.377 e. The van der Waals surface area contributed by atoms with E-state index in [1.54, 1.807) is 0 Å². The second kappa shape index (κ2) is 7.47. The standard InChI is InChI=1S/C18H29N3O2/c1-3-17-16(6-5-11-23-17)18(22)20-9-7-14(8-10-20)15-12-19-21(4-2)13-15/h12-14,16-17H,3-11H2,1-2H3/t16-,17+/m0/s1. The summed E-state index contributed by atoms with van der Waals surface area (Å²) in [4.78, 5) is 14.9. The summed E-state index contributed by atoms with van der Waals surface area (Å²) in [5, 5.41) is 4.38. The maximum Gasteiger partial charge on any atom is 0.228 e. The normalized spacial score (nSPS) is 26.4. The van der Waals surface area contributed by atoms with Crippen molar-refractivity contribution < 1.29 is 9.53 Å². The van der Waals surface area contributed by atoms with E-state index in [1.807, 2.05) is 10.9 Å². The van der Waals surface area contributed by atoms with Crippen LogP contribution in [0.25, 0.3) is 0 Å². The molecule has 0 aliphatic carbocycles. The van der Waals surface area contributed by atoms with E-state index in [0.29, 0.717) is 11.8 Å². The van der Waals surface area contributed by atoms with Crippen molar-refractivity contribution in [3.8, 4) is 0 Å². The number of carbonyl (C=O) groups is 1. The molecule has 5 nitrogen and oxygen atoms in total. The Kier molecular flexibility index (Phi) is 5.36. The van der Waals surface area contributed by atoms with E-state index in [9.17, 15) is 4.79 Å². The van der Waals surface area contributed by atoms with Gasteiger partial charge in [-0.05, 0) is 50.5 Å². The van der Waals surface area contributed by atoms with E-state index in [0.717, 1.165) is 58.3 Å². The van der Waals surface area contributed by atoms with Gasteiger partial charge in [0.25, 0.3) is 0 Å². The zero-order valence-electron chi connectivity index (χ0n) is 14.4. The van der Waals surface area contributed by atoms with Gasteiger partial charge in [-0.15, -0.1) is 0 Å². The van der Waals surface area contributed by atoms with Crippen molar-refractivity contribution in [2.45, 2.75) is 64.5 Å². The van der Waals surface area contributed by atoms with Crippen LogP contribution in [0, 0.1) is 5.92 Å². The number of aryl methyl sites for hydroxylation is 1. The van der Waals surface area contributed by atoms with Gasteiger partial charge < -0.3 is 9.64 Å². The minimum Gasteiger partial charge on any atom is -0.377 e. The van der Waals surface area contributed by atoms with E-state index < -0.39 is 0 Å². The third-order valence-corrected chi connectivity index (χ3v) is 5.41. The maximum absolute atomic E-state index is 12.8. The van der Waals surface area contributed by atoms with Gasteiger partial charge in [0.1, 0.15) is 0 Å². The number of ether oxygens (including phenoxy) is 1. The molecule has 1 amide bonds. The summed E-state index contributed by atoms with van der Waals surface area (Å²) >= 11 is 0. The lowest BCUT2D eigenvalue weighted by atomic mass is 9.88. The molecule has 0 N–H and O–H groups in total. The highest BCUT2D eigenvalue weighted by Crippen LogP contribution is 2.31. The predicted molar refractivity (Wildman–Crippen MR) is 89.2 cm³/mol. The van der Waals surface area contributed by atoms with Crippen molar-refractivity contribution in [2.75, 3.05) is 19.7 Å². The van der Waals surface area contributed by atoms with E-state index >= 15 is 0 Å². The Morgan fingerprint density at radius 1 is 1.30 bits per heavy atom.